The van der Waals surface area contributed by atoms with Crippen molar-refractivity contribution in [1.82, 2.24) is 10.4 Å². The Kier molecular flexibility index (Phi) is 3.52. The van der Waals surface area contributed by atoms with Gasteiger partial charge in [-0.25, -0.2) is 5.01 Å². The minimum Gasteiger partial charge on any atom is -0.303 e. The molecular formula is C17H19N3. The van der Waals surface area contributed by atoms with E-state index in [1.54, 1.807) is 0 Å². The Morgan fingerprint density at radius 3 is 2.20 bits per heavy atom. The summed E-state index contributed by atoms with van der Waals surface area (Å²) in [7, 11) is 2.07. The summed E-state index contributed by atoms with van der Waals surface area (Å²) in [6.45, 7) is 2.19. The molecule has 1 heterocycles. The van der Waals surface area contributed by atoms with Crippen molar-refractivity contribution in [2.45, 2.75) is 19.0 Å². The van der Waals surface area contributed by atoms with Gasteiger partial charge < -0.3 is 5.43 Å². The number of hydrazine groups is 1. The molecule has 3 rings (SSSR count). The van der Waals surface area contributed by atoms with Crippen molar-refractivity contribution >= 4 is 5.84 Å². The largest absolute Gasteiger partial charge is 0.303 e. The maximum atomic E-state index is 4.92. The van der Waals surface area contributed by atoms with E-state index >= 15 is 0 Å². The maximum Gasteiger partial charge on any atom is 0.143 e. The molecule has 2 atom stereocenters. The fraction of sp³-hybridized carbons (Fsp3) is 0.235. The Bertz CT molecular complexity index is 592. The van der Waals surface area contributed by atoms with Crippen molar-refractivity contribution in [3.63, 3.8) is 0 Å². The van der Waals surface area contributed by atoms with Crippen molar-refractivity contribution < 1.29 is 0 Å². The molecular weight excluding hydrogens is 246 g/mol. The monoisotopic (exact) mass is 265 g/mol. The highest BCUT2D eigenvalue weighted by Gasteiger charge is 2.28. The van der Waals surface area contributed by atoms with Crippen LogP contribution in [0.2, 0.25) is 0 Å². The van der Waals surface area contributed by atoms with Crippen LogP contribution < -0.4 is 5.43 Å². The first-order valence-corrected chi connectivity index (χ1v) is 6.93. The second kappa shape index (κ2) is 5.47. The number of amidine groups is 1. The number of benzene rings is 2. The minimum atomic E-state index is 0.151. The summed E-state index contributed by atoms with van der Waals surface area (Å²) in [5.74, 6) is 0.931. The zero-order chi connectivity index (χ0) is 13.9. The fourth-order valence-electron chi connectivity index (χ4n) is 2.49. The van der Waals surface area contributed by atoms with Crippen LogP contribution in [0.15, 0.2) is 65.7 Å². The average molecular weight is 265 g/mol. The number of nitrogens with one attached hydrogen (secondary N) is 1. The van der Waals surface area contributed by atoms with Crippen LogP contribution in [-0.2, 0) is 0 Å². The highest BCUT2D eigenvalue weighted by molar-refractivity contribution is 5.98. The van der Waals surface area contributed by atoms with E-state index in [-0.39, 0.29) is 6.04 Å². The van der Waals surface area contributed by atoms with Crippen LogP contribution in [0.4, 0.5) is 0 Å². The van der Waals surface area contributed by atoms with Gasteiger partial charge in [-0.3, -0.25) is 4.99 Å². The minimum absolute atomic E-state index is 0.151. The highest BCUT2D eigenvalue weighted by Crippen LogP contribution is 2.27. The molecule has 1 N–H and O–H groups in total. The zero-order valence-corrected chi connectivity index (χ0v) is 11.8. The Morgan fingerprint density at radius 2 is 1.55 bits per heavy atom. The van der Waals surface area contributed by atoms with Crippen LogP contribution in [0.1, 0.15) is 24.1 Å². The van der Waals surface area contributed by atoms with Crippen molar-refractivity contribution in [2.75, 3.05) is 7.05 Å². The Morgan fingerprint density at radius 1 is 0.950 bits per heavy atom. The van der Waals surface area contributed by atoms with Gasteiger partial charge in [-0.1, -0.05) is 60.7 Å². The maximum absolute atomic E-state index is 4.92. The first-order valence-electron chi connectivity index (χ1n) is 6.93. The van der Waals surface area contributed by atoms with Crippen molar-refractivity contribution in [2.24, 2.45) is 4.99 Å². The summed E-state index contributed by atoms with van der Waals surface area (Å²) in [4.78, 5) is 4.92. The van der Waals surface area contributed by atoms with Crippen molar-refractivity contribution in [3.8, 4) is 0 Å². The van der Waals surface area contributed by atoms with E-state index in [1.165, 1.54) is 5.56 Å². The van der Waals surface area contributed by atoms with Crippen LogP contribution in [0, 0.1) is 0 Å². The molecule has 0 fully saturated rings. The molecule has 20 heavy (non-hydrogen) atoms. The molecule has 0 aromatic heterocycles. The number of rotatable bonds is 2. The summed E-state index contributed by atoms with van der Waals surface area (Å²) < 4.78 is 0. The molecule has 1 aliphatic heterocycles. The van der Waals surface area contributed by atoms with E-state index in [4.69, 9.17) is 4.99 Å². The van der Waals surface area contributed by atoms with Crippen molar-refractivity contribution in [3.05, 3.63) is 71.8 Å². The van der Waals surface area contributed by atoms with Gasteiger partial charge in [-0.2, -0.15) is 0 Å². The van der Waals surface area contributed by atoms with E-state index < -0.39 is 0 Å². The lowest BCUT2D eigenvalue weighted by molar-refractivity contribution is 0.178. The molecule has 3 nitrogen and oxygen atoms in total. The van der Waals surface area contributed by atoms with Gasteiger partial charge in [-0.15, -0.1) is 0 Å². The third kappa shape index (κ3) is 2.45. The number of aliphatic imine (C=N–C) groups is 1. The molecule has 1 aliphatic rings. The second-order valence-electron chi connectivity index (χ2n) is 5.16. The standard InChI is InChI=1S/C17H19N3/c1-13-16(14-9-5-3-6-10-14)18-17(19-20(13)2)15-11-7-4-8-12-15/h3-13,16H,1-2H3,(H,18,19). The second-order valence-corrected chi connectivity index (χ2v) is 5.16. The van der Waals surface area contributed by atoms with Gasteiger partial charge >= 0.3 is 0 Å². The summed E-state index contributed by atoms with van der Waals surface area (Å²) in [5, 5.41) is 2.13. The van der Waals surface area contributed by atoms with Crippen LogP contribution in [-0.4, -0.2) is 23.9 Å². The first kappa shape index (κ1) is 12.9. The molecule has 0 saturated heterocycles. The third-order valence-electron chi connectivity index (χ3n) is 3.81. The lowest BCUT2D eigenvalue weighted by Gasteiger charge is -2.36. The van der Waals surface area contributed by atoms with Crippen LogP contribution in [0.25, 0.3) is 0 Å². The van der Waals surface area contributed by atoms with Gasteiger partial charge in [-0.05, 0) is 12.5 Å². The summed E-state index contributed by atoms with van der Waals surface area (Å²) in [5.41, 5.74) is 5.73. The molecule has 0 amide bonds. The van der Waals surface area contributed by atoms with E-state index in [0.29, 0.717) is 6.04 Å². The molecule has 2 unspecified atom stereocenters. The fourth-order valence-corrected chi connectivity index (χ4v) is 2.49. The molecule has 2 aromatic rings. The SMILES string of the molecule is CC1C(c2ccccc2)N=C(c2ccccc2)NN1C. The van der Waals surface area contributed by atoms with Gasteiger partial charge in [0.1, 0.15) is 5.84 Å². The van der Waals surface area contributed by atoms with Crippen molar-refractivity contribution in [1.29, 1.82) is 0 Å². The summed E-state index contributed by atoms with van der Waals surface area (Å²) in [6, 6.07) is 21.2. The smallest absolute Gasteiger partial charge is 0.143 e. The van der Waals surface area contributed by atoms with Crippen LogP contribution >= 0.6 is 0 Å². The molecule has 3 heteroatoms. The molecule has 2 aromatic carbocycles. The topological polar surface area (TPSA) is 27.6 Å². The number of nitrogens with zero attached hydrogens (tertiary/aromatic N) is 2. The van der Waals surface area contributed by atoms with Gasteiger partial charge in [0.05, 0.1) is 12.1 Å². The van der Waals surface area contributed by atoms with E-state index in [1.807, 2.05) is 24.3 Å². The summed E-state index contributed by atoms with van der Waals surface area (Å²) in [6.07, 6.45) is 0. The molecule has 0 radical (unpaired) electrons. The van der Waals surface area contributed by atoms with Crippen LogP contribution in [0.3, 0.4) is 0 Å². The van der Waals surface area contributed by atoms with Crippen LogP contribution in [0.5, 0.6) is 0 Å². The van der Waals surface area contributed by atoms with E-state index in [2.05, 4.69) is 60.8 Å². The van der Waals surface area contributed by atoms with Gasteiger partial charge in [0.2, 0.25) is 0 Å². The number of likely N-dealkylation sites (N-methyl/N-ethyl adjacent to an activating group) is 1. The van der Waals surface area contributed by atoms with Gasteiger partial charge in [0.25, 0.3) is 0 Å². The Balaban J connectivity index is 2.00. The number of hydrogen-bond donors (Lipinski definition) is 1. The number of hydrogen-bond acceptors (Lipinski definition) is 3. The first-order chi connectivity index (χ1) is 9.75. The predicted octanol–water partition coefficient (Wildman–Crippen LogP) is 3.01. The lowest BCUT2D eigenvalue weighted by Crippen LogP contribution is -2.51. The molecule has 0 spiro atoms. The normalized spacial score (nSPS) is 23.0. The van der Waals surface area contributed by atoms with Gasteiger partial charge in [0, 0.05) is 12.6 Å². The Hall–Kier alpha value is -2.13. The Labute approximate surface area is 119 Å². The third-order valence-corrected chi connectivity index (χ3v) is 3.81. The quantitative estimate of drug-likeness (QED) is 0.904. The van der Waals surface area contributed by atoms with E-state index in [0.717, 1.165) is 11.4 Å². The highest BCUT2D eigenvalue weighted by atomic mass is 15.5. The van der Waals surface area contributed by atoms with E-state index in [9.17, 15) is 0 Å². The molecule has 0 bridgehead atoms. The molecule has 0 saturated carbocycles. The average Bonchev–Trinajstić information content (AvgIpc) is 2.51. The zero-order valence-electron chi connectivity index (χ0n) is 11.8. The summed E-state index contributed by atoms with van der Waals surface area (Å²) >= 11 is 0. The molecule has 102 valence electrons. The lowest BCUT2D eigenvalue weighted by atomic mass is 9.99. The van der Waals surface area contributed by atoms with Gasteiger partial charge in [0.15, 0.2) is 0 Å². The molecule has 0 aliphatic carbocycles. The predicted molar refractivity (Wildman–Crippen MR) is 82.5 cm³/mol.